The monoisotopic (exact) mass is 332 g/mol. The van der Waals surface area contributed by atoms with Crippen LogP contribution in [0.15, 0.2) is 23.1 Å². The molecule has 2 rings (SSSR count). The number of non-ortho nitro benzene ring substituents is 1. The lowest BCUT2D eigenvalue weighted by molar-refractivity contribution is -0.385. The van der Waals surface area contributed by atoms with Crippen LogP contribution in [0.5, 0.6) is 0 Å². The smallest absolute Gasteiger partial charge is 0.258 e. The molecule has 1 aliphatic heterocycles. The molecule has 1 aliphatic rings. The Morgan fingerprint density at radius 3 is 2.67 bits per heavy atom. The van der Waals surface area contributed by atoms with Crippen LogP contribution in [0.2, 0.25) is 5.02 Å². The lowest BCUT2D eigenvalue weighted by Gasteiger charge is -2.36. The summed E-state index contributed by atoms with van der Waals surface area (Å²) in [5, 5.41) is 10.8. The van der Waals surface area contributed by atoms with Gasteiger partial charge in [-0.05, 0) is 31.7 Å². The van der Waals surface area contributed by atoms with Crippen LogP contribution in [0, 0.1) is 16.0 Å². The average molecular weight is 333 g/mol. The van der Waals surface area contributed by atoms with Gasteiger partial charge in [0.05, 0.1) is 9.95 Å². The van der Waals surface area contributed by atoms with Crippen LogP contribution < -0.4 is 0 Å². The van der Waals surface area contributed by atoms with Gasteiger partial charge in [-0.25, -0.2) is 8.42 Å². The number of hydrogen-bond donors (Lipinski definition) is 0. The van der Waals surface area contributed by atoms with E-state index in [1.807, 2.05) is 13.8 Å². The predicted octanol–water partition coefficient (Wildman–Crippen LogP) is 3.06. The number of sulfonamides is 1. The summed E-state index contributed by atoms with van der Waals surface area (Å²) in [5.41, 5.74) is -0.282. The highest BCUT2D eigenvalue weighted by Crippen LogP contribution is 2.33. The minimum atomic E-state index is -3.83. The van der Waals surface area contributed by atoms with Crippen molar-refractivity contribution in [3.63, 3.8) is 0 Å². The van der Waals surface area contributed by atoms with Gasteiger partial charge in [0.25, 0.3) is 5.69 Å². The van der Waals surface area contributed by atoms with Gasteiger partial charge in [0.15, 0.2) is 0 Å². The largest absolute Gasteiger partial charge is 0.270 e. The Labute approximate surface area is 128 Å². The summed E-state index contributed by atoms with van der Waals surface area (Å²) >= 11 is 5.96. The summed E-state index contributed by atoms with van der Waals surface area (Å²) in [6.45, 7) is 4.26. The first-order chi connectivity index (χ1) is 9.75. The number of halogens is 1. The Kier molecular flexibility index (Phi) is 4.55. The van der Waals surface area contributed by atoms with Crippen molar-refractivity contribution >= 4 is 27.3 Å². The molecule has 0 amide bonds. The van der Waals surface area contributed by atoms with Gasteiger partial charge < -0.3 is 0 Å². The van der Waals surface area contributed by atoms with Crippen molar-refractivity contribution in [2.75, 3.05) is 6.54 Å². The van der Waals surface area contributed by atoms with E-state index >= 15 is 0 Å². The summed E-state index contributed by atoms with van der Waals surface area (Å²) in [6, 6.07) is 3.33. The second-order valence-electron chi connectivity index (χ2n) is 5.35. The summed E-state index contributed by atoms with van der Waals surface area (Å²) in [5.74, 6) is 0.242. The predicted molar refractivity (Wildman–Crippen MR) is 79.9 cm³/mol. The standard InChI is InChI=1S/C13H17ClN2O4S/c1-9-4-3-7-15(10(9)2)21(19,20)13-8-11(16(17)18)5-6-12(13)14/h5-6,8-10H,3-4,7H2,1-2H3. The average Bonchev–Trinajstić information content (AvgIpc) is 2.41. The van der Waals surface area contributed by atoms with Crippen molar-refractivity contribution < 1.29 is 13.3 Å². The zero-order valence-corrected chi connectivity index (χ0v) is 13.4. The van der Waals surface area contributed by atoms with Gasteiger partial charge in [0.1, 0.15) is 4.90 Å². The summed E-state index contributed by atoms with van der Waals surface area (Å²) < 4.78 is 26.9. The second kappa shape index (κ2) is 5.90. The molecule has 0 saturated carbocycles. The summed E-state index contributed by atoms with van der Waals surface area (Å²) in [6.07, 6.45) is 1.74. The molecular formula is C13H17ClN2O4S. The third-order valence-electron chi connectivity index (χ3n) is 4.03. The molecule has 0 bridgehead atoms. The molecule has 1 fully saturated rings. The molecule has 0 radical (unpaired) electrons. The minimum Gasteiger partial charge on any atom is -0.258 e. The maximum atomic E-state index is 12.8. The maximum absolute atomic E-state index is 12.8. The third kappa shape index (κ3) is 3.04. The Hall–Kier alpha value is -1.18. The lowest BCUT2D eigenvalue weighted by atomic mass is 9.94. The fraction of sp³-hybridized carbons (Fsp3) is 0.538. The van der Waals surface area contributed by atoms with E-state index < -0.39 is 14.9 Å². The van der Waals surface area contributed by atoms with Crippen molar-refractivity contribution in [3.8, 4) is 0 Å². The number of nitrogens with zero attached hydrogens (tertiary/aromatic N) is 2. The molecule has 1 aromatic carbocycles. The van der Waals surface area contributed by atoms with E-state index in [1.165, 1.54) is 16.4 Å². The fourth-order valence-corrected chi connectivity index (χ4v) is 4.83. The molecule has 21 heavy (non-hydrogen) atoms. The summed E-state index contributed by atoms with van der Waals surface area (Å²) in [4.78, 5) is 10.0. The zero-order valence-electron chi connectivity index (χ0n) is 11.8. The topological polar surface area (TPSA) is 80.5 Å². The summed E-state index contributed by atoms with van der Waals surface area (Å²) in [7, 11) is -3.83. The van der Waals surface area contributed by atoms with Crippen molar-refractivity contribution in [2.45, 2.75) is 37.6 Å². The van der Waals surface area contributed by atoms with Gasteiger partial charge in [-0.15, -0.1) is 0 Å². The molecule has 2 atom stereocenters. The molecule has 0 aromatic heterocycles. The van der Waals surface area contributed by atoms with Gasteiger partial charge in [0.2, 0.25) is 10.0 Å². The Bertz CT molecular complexity index is 662. The van der Waals surface area contributed by atoms with E-state index in [4.69, 9.17) is 11.6 Å². The molecule has 116 valence electrons. The molecule has 2 unspecified atom stereocenters. The first kappa shape index (κ1) is 16.2. The van der Waals surface area contributed by atoms with E-state index in [1.54, 1.807) is 0 Å². The van der Waals surface area contributed by atoms with E-state index in [-0.39, 0.29) is 27.6 Å². The molecule has 1 heterocycles. The van der Waals surface area contributed by atoms with Crippen LogP contribution in [0.3, 0.4) is 0 Å². The molecule has 1 aromatic rings. The Morgan fingerprint density at radius 2 is 2.05 bits per heavy atom. The molecule has 0 aliphatic carbocycles. The Morgan fingerprint density at radius 1 is 1.38 bits per heavy atom. The van der Waals surface area contributed by atoms with E-state index in [0.717, 1.165) is 18.9 Å². The lowest BCUT2D eigenvalue weighted by Crippen LogP contribution is -2.45. The van der Waals surface area contributed by atoms with Crippen molar-refractivity contribution in [1.82, 2.24) is 4.31 Å². The molecule has 0 N–H and O–H groups in total. The second-order valence-corrected chi connectivity index (χ2v) is 7.61. The van der Waals surface area contributed by atoms with Crippen LogP contribution in [-0.2, 0) is 10.0 Å². The SMILES string of the molecule is CC1CCCN(S(=O)(=O)c2cc([N+](=O)[O-])ccc2Cl)C1C. The molecule has 0 spiro atoms. The van der Waals surface area contributed by atoms with Crippen molar-refractivity contribution in [1.29, 1.82) is 0 Å². The first-order valence-corrected chi connectivity index (χ1v) is 8.52. The van der Waals surface area contributed by atoms with E-state index in [0.29, 0.717) is 6.54 Å². The third-order valence-corrected chi connectivity index (χ3v) is 6.50. The fourth-order valence-electron chi connectivity index (χ4n) is 2.57. The normalized spacial score (nSPS) is 24.0. The molecular weight excluding hydrogens is 316 g/mol. The van der Waals surface area contributed by atoms with Gasteiger partial charge in [-0.2, -0.15) is 4.31 Å². The highest BCUT2D eigenvalue weighted by molar-refractivity contribution is 7.89. The quantitative estimate of drug-likeness (QED) is 0.629. The highest BCUT2D eigenvalue weighted by Gasteiger charge is 2.36. The van der Waals surface area contributed by atoms with Gasteiger partial charge in [-0.1, -0.05) is 18.5 Å². The van der Waals surface area contributed by atoms with Crippen LogP contribution in [0.1, 0.15) is 26.7 Å². The number of nitro groups is 1. The van der Waals surface area contributed by atoms with Crippen molar-refractivity contribution in [2.24, 2.45) is 5.92 Å². The molecule has 1 saturated heterocycles. The van der Waals surface area contributed by atoms with Crippen LogP contribution in [0.25, 0.3) is 0 Å². The van der Waals surface area contributed by atoms with Crippen molar-refractivity contribution in [3.05, 3.63) is 33.3 Å². The van der Waals surface area contributed by atoms with Crippen LogP contribution in [-0.4, -0.2) is 30.2 Å². The van der Waals surface area contributed by atoms with Crippen LogP contribution >= 0.6 is 11.6 Å². The maximum Gasteiger partial charge on any atom is 0.270 e. The van der Waals surface area contributed by atoms with Gasteiger partial charge in [0, 0.05) is 24.7 Å². The molecule has 8 heteroatoms. The number of piperidine rings is 1. The van der Waals surface area contributed by atoms with E-state index in [9.17, 15) is 18.5 Å². The Balaban J connectivity index is 2.48. The number of benzene rings is 1. The van der Waals surface area contributed by atoms with E-state index in [2.05, 4.69) is 0 Å². The number of hydrogen-bond acceptors (Lipinski definition) is 4. The number of nitro benzene ring substituents is 1. The first-order valence-electron chi connectivity index (χ1n) is 6.71. The molecule has 6 nitrogen and oxygen atoms in total. The minimum absolute atomic E-state index is 0.00558. The van der Waals surface area contributed by atoms with Gasteiger partial charge in [-0.3, -0.25) is 10.1 Å². The zero-order chi connectivity index (χ0) is 15.8. The highest BCUT2D eigenvalue weighted by atomic mass is 35.5. The number of rotatable bonds is 3. The van der Waals surface area contributed by atoms with Crippen LogP contribution in [0.4, 0.5) is 5.69 Å². The van der Waals surface area contributed by atoms with Gasteiger partial charge >= 0.3 is 0 Å².